The van der Waals surface area contributed by atoms with E-state index < -0.39 is 5.41 Å². The summed E-state index contributed by atoms with van der Waals surface area (Å²) >= 11 is 0. The monoisotopic (exact) mass is 500 g/mol. The molecule has 186 valence electrons. The molecule has 39 heavy (non-hydrogen) atoms. The van der Waals surface area contributed by atoms with Gasteiger partial charge in [-0.25, -0.2) is 0 Å². The Bertz CT molecular complexity index is 1680. The summed E-state index contributed by atoms with van der Waals surface area (Å²) in [4.78, 5) is 0. The van der Waals surface area contributed by atoms with E-state index in [9.17, 15) is 5.26 Å². The number of hydrogen-bond donors (Lipinski definition) is 1. The molecule has 5 aromatic carbocycles. The molecule has 1 aliphatic carbocycles. The number of nitrogens with two attached hydrogens (primary N) is 1. The number of nitrogens with zero attached hydrogens (tertiary/aromatic N) is 1. The SMILES string of the molecule is N#CC(/C=C\N)=C/Cc1ccc(-c2ccc3c(c2)C(c2ccccc2)(c2ccccc2)c2ccccc2-3)cc1. The molecule has 5 aromatic rings. The van der Waals surface area contributed by atoms with Crippen LogP contribution in [0.25, 0.3) is 22.3 Å². The minimum absolute atomic E-state index is 0.403. The Hall–Kier alpha value is -5.13. The molecule has 0 spiro atoms. The predicted molar refractivity (Wildman–Crippen MR) is 160 cm³/mol. The van der Waals surface area contributed by atoms with E-state index in [1.165, 1.54) is 50.7 Å². The van der Waals surface area contributed by atoms with Crippen LogP contribution in [0.5, 0.6) is 0 Å². The van der Waals surface area contributed by atoms with Crippen molar-refractivity contribution < 1.29 is 0 Å². The molecule has 0 saturated heterocycles. The van der Waals surface area contributed by atoms with E-state index in [1.54, 1.807) is 6.08 Å². The summed E-state index contributed by atoms with van der Waals surface area (Å²) < 4.78 is 0. The highest BCUT2D eigenvalue weighted by atomic mass is 14.5. The first-order valence-corrected chi connectivity index (χ1v) is 13.2. The molecule has 0 fully saturated rings. The second-order valence-electron chi connectivity index (χ2n) is 9.82. The standard InChI is InChI=1S/C37H28N2/c38-24-23-28(26-39)16-15-27-17-19-29(20-18-27)30-21-22-34-33-13-7-8-14-35(33)37(36(34)25-30,31-9-3-1-4-10-31)32-11-5-2-6-12-32/h1-14,16-25H,15,38H2/b24-23-,28-16+. The highest BCUT2D eigenvalue weighted by molar-refractivity contribution is 5.88. The van der Waals surface area contributed by atoms with Crippen LogP contribution in [0.4, 0.5) is 0 Å². The first-order chi connectivity index (χ1) is 19.3. The first-order valence-electron chi connectivity index (χ1n) is 13.2. The quantitative estimate of drug-likeness (QED) is 0.185. The number of benzene rings is 5. The van der Waals surface area contributed by atoms with Gasteiger partial charge in [-0.2, -0.15) is 5.26 Å². The van der Waals surface area contributed by atoms with Crippen LogP contribution in [0, 0.1) is 11.3 Å². The van der Waals surface area contributed by atoms with Gasteiger partial charge in [0.05, 0.1) is 11.5 Å². The maximum atomic E-state index is 9.25. The summed E-state index contributed by atoms with van der Waals surface area (Å²) in [5.41, 5.74) is 16.8. The molecule has 0 unspecified atom stereocenters. The lowest BCUT2D eigenvalue weighted by Crippen LogP contribution is -2.28. The minimum atomic E-state index is -0.403. The van der Waals surface area contributed by atoms with Gasteiger partial charge in [-0.15, -0.1) is 0 Å². The predicted octanol–water partition coefficient (Wildman–Crippen LogP) is 8.18. The topological polar surface area (TPSA) is 49.8 Å². The third kappa shape index (κ3) is 4.15. The summed E-state index contributed by atoms with van der Waals surface area (Å²) in [7, 11) is 0. The van der Waals surface area contributed by atoms with Crippen LogP contribution in [0.3, 0.4) is 0 Å². The lowest BCUT2D eigenvalue weighted by Gasteiger charge is -2.34. The molecule has 0 bridgehead atoms. The fourth-order valence-corrected chi connectivity index (χ4v) is 5.94. The van der Waals surface area contributed by atoms with E-state index in [1.807, 2.05) is 6.08 Å². The highest BCUT2D eigenvalue weighted by Gasteiger charge is 2.45. The molecule has 2 heteroatoms. The Balaban J connectivity index is 1.49. The second-order valence-corrected chi connectivity index (χ2v) is 9.82. The molecular weight excluding hydrogens is 472 g/mol. The van der Waals surface area contributed by atoms with Crippen molar-refractivity contribution in [1.29, 1.82) is 5.26 Å². The van der Waals surface area contributed by atoms with Crippen LogP contribution in [0.2, 0.25) is 0 Å². The number of nitriles is 1. The van der Waals surface area contributed by atoms with Crippen molar-refractivity contribution in [2.75, 3.05) is 0 Å². The third-order valence-corrected chi connectivity index (χ3v) is 7.71. The molecular formula is C37H28N2. The van der Waals surface area contributed by atoms with Crippen LogP contribution in [-0.4, -0.2) is 0 Å². The highest BCUT2D eigenvalue weighted by Crippen LogP contribution is 2.56. The molecule has 0 aromatic heterocycles. The zero-order valence-corrected chi connectivity index (χ0v) is 21.6. The Morgan fingerprint density at radius 1 is 0.667 bits per heavy atom. The van der Waals surface area contributed by atoms with E-state index in [-0.39, 0.29) is 0 Å². The van der Waals surface area contributed by atoms with Gasteiger partial charge in [0.15, 0.2) is 0 Å². The first kappa shape index (κ1) is 24.2. The fraction of sp³-hybridized carbons (Fsp3) is 0.0541. The summed E-state index contributed by atoms with van der Waals surface area (Å²) in [6.07, 6.45) is 5.61. The van der Waals surface area contributed by atoms with Crippen molar-refractivity contribution in [3.63, 3.8) is 0 Å². The maximum absolute atomic E-state index is 9.25. The van der Waals surface area contributed by atoms with Gasteiger partial charge in [-0.3, -0.25) is 0 Å². The third-order valence-electron chi connectivity index (χ3n) is 7.71. The molecule has 2 nitrogen and oxygen atoms in total. The molecule has 0 saturated carbocycles. The van der Waals surface area contributed by atoms with Crippen molar-refractivity contribution in [3.05, 3.63) is 179 Å². The summed E-state index contributed by atoms with van der Waals surface area (Å²) in [5.74, 6) is 0. The molecule has 6 rings (SSSR count). The van der Waals surface area contributed by atoms with Crippen LogP contribution in [0.15, 0.2) is 151 Å². The lowest BCUT2D eigenvalue weighted by atomic mass is 9.67. The van der Waals surface area contributed by atoms with Gasteiger partial charge in [0.25, 0.3) is 0 Å². The number of hydrogen-bond acceptors (Lipinski definition) is 2. The van der Waals surface area contributed by atoms with Gasteiger partial charge in [0, 0.05) is 5.57 Å². The molecule has 0 atom stereocenters. The van der Waals surface area contributed by atoms with Gasteiger partial charge < -0.3 is 5.73 Å². The molecule has 1 aliphatic rings. The Labute approximate surface area is 230 Å². The molecule has 0 radical (unpaired) electrons. The van der Waals surface area contributed by atoms with E-state index in [4.69, 9.17) is 5.73 Å². The molecule has 0 aliphatic heterocycles. The van der Waals surface area contributed by atoms with E-state index >= 15 is 0 Å². The van der Waals surface area contributed by atoms with E-state index in [2.05, 4.69) is 133 Å². The molecule has 0 heterocycles. The van der Waals surface area contributed by atoms with Gasteiger partial charge >= 0.3 is 0 Å². The molecule has 2 N–H and O–H groups in total. The van der Waals surface area contributed by atoms with Crippen molar-refractivity contribution in [2.24, 2.45) is 5.73 Å². The number of rotatable bonds is 6. The van der Waals surface area contributed by atoms with Crippen LogP contribution in [-0.2, 0) is 11.8 Å². The average molecular weight is 501 g/mol. The summed E-state index contributed by atoms with van der Waals surface area (Å²) in [6, 6.07) is 48.2. The lowest BCUT2D eigenvalue weighted by molar-refractivity contribution is 0.769. The van der Waals surface area contributed by atoms with Crippen molar-refractivity contribution in [2.45, 2.75) is 11.8 Å². The summed E-state index contributed by atoms with van der Waals surface area (Å²) in [6.45, 7) is 0. The Morgan fingerprint density at radius 3 is 1.90 bits per heavy atom. The maximum Gasteiger partial charge on any atom is 0.0988 e. The largest absolute Gasteiger partial charge is 0.405 e. The van der Waals surface area contributed by atoms with Crippen LogP contribution >= 0.6 is 0 Å². The Morgan fingerprint density at radius 2 is 1.26 bits per heavy atom. The summed E-state index contributed by atoms with van der Waals surface area (Å²) in [5, 5.41) is 9.25. The zero-order valence-electron chi connectivity index (χ0n) is 21.6. The van der Waals surface area contributed by atoms with Crippen molar-refractivity contribution in [1.82, 2.24) is 0 Å². The van der Waals surface area contributed by atoms with Gasteiger partial charge in [-0.1, -0.05) is 127 Å². The van der Waals surface area contributed by atoms with Gasteiger partial charge in [0.2, 0.25) is 0 Å². The van der Waals surface area contributed by atoms with E-state index in [0.29, 0.717) is 12.0 Å². The normalized spacial score (nSPS) is 13.6. The number of allylic oxidation sites excluding steroid dienone is 3. The van der Waals surface area contributed by atoms with Crippen molar-refractivity contribution >= 4 is 0 Å². The molecule has 0 amide bonds. The van der Waals surface area contributed by atoms with Crippen molar-refractivity contribution in [3.8, 4) is 28.3 Å². The van der Waals surface area contributed by atoms with Crippen LogP contribution < -0.4 is 5.73 Å². The van der Waals surface area contributed by atoms with E-state index in [0.717, 1.165) is 5.56 Å². The van der Waals surface area contributed by atoms with Gasteiger partial charge in [0.1, 0.15) is 0 Å². The fourth-order valence-electron chi connectivity index (χ4n) is 5.94. The Kier molecular flexibility index (Phi) is 6.41. The minimum Gasteiger partial charge on any atom is -0.405 e. The average Bonchev–Trinajstić information content (AvgIpc) is 3.31. The second kappa shape index (κ2) is 10.3. The smallest absolute Gasteiger partial charge is 0.0988 e. The van der Waals surface area contributed by atoms with Crippen LogP contribution in [0.1, 0.15) is 27.8 Å². The van der Waals surface area contributed by atoms with Gasteiger partial charge in [-0.05, 0) is 74.8 Å². The zero-order chi connectivity index (χ0) is 26.7. The number of fused-ring (bicyclic) bond motifs is 3.